The quantitative estimate of drug-likeness (QED) is 0.308. The third-order valence-electron chi connectivity index (χ3n) is 0. The van der Waals surface area contributed by atoms with Crippen molar-refractivity contribution in [2.45, 2.75) is 6.92 Å². The van der Waals surface area contributed by atoms with E-state index in [0.29, 0.717) is 0 Å². The molecule has 0 aliphatic carbocycles. The largest absolute Gasteiger partial charge is 0.304 e. The van der Waals surface area contributed by atoms with Gasteiger partial charge >= 0.3 is 0 Å². The fraction of sp³-hybridized carbons (Fsp3) is 0.667. The highest BCUT2D eigenvalue weighted by Gasteiger charge is 1.41. The van der Waals surface area contributed by atoms with Crippen LogP contribution in [0, 0.1) is 0 Å². The van der Waals surface area contributed by atoms with E-state index in [-0.39, 0.29) is 0 Å². The highest BCUT2D eigenvalue weighted by Crippen LogP contribution is 1.39. The van der Waals surface area contributed by atoms with Gasteiger partial charge in [0.2, 0.25) is 0 Å². The van der Waals surface area contributed by atoms with Crippen molar-refractivity contribution in [2.24, 2.45) is 0 Å². The molecular formula is C3H6BFO. The summed E-state index contributed by atoms with van der Waals surface area (Å²) in [5, 5.41) is 0. The number of hydrogen-bond donors (Lipinski definition) is 0. The molecule has 0 aliphatic heterocycles. The number of carbonyl (C=O) groups is 1. The molecule has 0 bridgehead atoms. The van der Waals surface area contributed by atoms with Gasteiger partial charge in [-0.25, -0.2) is 0 Å². The summed E-state index contributed by atoms with van der Waals surface area (Å²) >= 11 is 0. The molecule has 0 aromatic carbocycles. The number of alkyl halides is 1. The molecule has 0 rings (SSSR count). The molecule has 0 saturated carbocycles. The second-order valence-corrected chi connectivity index (χ2v) is 0.362. The zero-order valence-corrected chi connectivity index (χ0v) is 3.52. The van der Waals surface area contributed by atoms with Crippen LogP contribution in [0.15, 0.2) is 0 Å². The SMILES string of the molecule is CC=O.[3H]C([B])F. The summed E-state index contributed by atoms with van der Waals surface area (Å²) in [4.78, 5) is 8.81. The maximum absolute atomic E-state index is 10.4. The van der Waals surface area contributed by atoms with Crippen molar-refractivity contribution in [3.05, 3.63) is 0 Å². The van der Waals surface area contributed by atoms with Crippen molar-refractivity contribution in [3.63, 3.8) is 0 Å². The number of carbonyl (C=O) groups excluding carboxylic acids is 1. The summed E-state index contributed by atoms with van der Waals surface area (Å²) in [5.74, 6) is 0. The van der Waals surface area contributed by atoms with Gasteiger partial charge in [0.1, 0.15) is 14.1 Å². The van der Waals surface area contributed by atoms with Crippen molar-refractivity contribution < 1.29 is 10.6 Å². The summed E-state index contributed by atoms with van der Waals surface area (Å²) < 4.78 is 16.1. The summed E-state index contributed by atoms with van der Waals surface area (Å²) in [6.45, 7) is -0.472. The maximum Gasteiger partial charge on any atom is 0.116 e. The van der Waals surface area contributed by atoms with Crippen molar-refractivity contribution >= 4 is 14.1 Å². The molecule has 1 atom stereocenters. The van der Waals surface area contributed by atoms with E-state index >= 15 is 0 Å². The lowest BCUT2D eigenvalue weighted by Gasteiger charge is -1.44. The highest BCUT2D eigenvalue weighted by atomic mass is 19.1. The molecule has 1 unspecified atom stereocenters. The van der Waals surface area contributed by atoms with Crippen LogP contribution in [0.25, 0.3) is 0 Å². The minimum atomic E-state index is -1.92. The summed E-state index contributed by atoms with van der Waals surface area (Å²) in [6.07, 6.45) is 0.750. The van der Waals surface area contributed by atoms with E-state index in [2.05, 4.69) is 7.85 Å². The molecule has 0 spiro atoms. The molecule has 2 radical (unpaired) electrons. The molecule has 1 nitrogen and oxygen atoms in total. The second kappa shape index (κ2) is 22.6. The predicted octanol–water partition coefficient (Wildman–Crippen LogP) is 0.287. The van der Waals surface area contributed by atoms with Gasteiger partial charge in [0.25, 0.3) is 0 Å². The Morgan fingerprint density at radius 1 is 2.33 bits per heavy atom. The number of aldehydes is 1. The Balaban J connectivity index is 0. The van der Waals surface area contributed by atoms with E-state index in [4.69, 9.17) is 6.17 Å². The van der Waals surface area contributed by atoms with Crippen LogP contribution in [0.2, 0.25) is 0 Å². The van der Waals surface area contributed by atoms with Gasteiger partial charge in [-0.15, -0.1) is 0 Å². The zero-order chi connectivity index (χ0) is 6.28. The first kappa shape index (κ1) is 5.66. The molecule has 0 N–H and O–H groups in total. The summed E-state index contributed by atoms with van der Waals surface area (Å²) in [5.41, 5.74) is 0. The van der Waals surface area contributed by atoms with Crippen LogP contribution in [0.3, 0.4) is 0 Å². The molecule has 0 aromatic heterocycles. The first-order chi connectivity index (χ1) is 3.15. The Labute approximate surface area is 39.4 Å². The van der Waals surface area contributed by atoms with Gasteiger partial charge in [-0.2, -0.15) is 0 Å². The maximum atomic E-state index is 10.4. The van der Waals surface area contributed by atoms with Crippen LogP contribution in [0.5, 0.6) is 0 Å². The molecule has 0 amide bonds. The minimum absolute atomic E-state index is 0.750. The fourth-order valence-corrected chi connectivity index (χ4v) is 0. The van der Waals surface area contributed by atoms with Gasteiger partial charge in [0, 0.05) is 6.55 Å². The lowest BCUT2D eigenvalue weighted by Crippen LogP contribution is -1.56. The van der Waals surface area contributed by atoms with Gasteiger partial charge < -0.3 is 4.79 Å². The molecule has 0 heterocycles. The van der Waals surface area contributed by atoms with E-state index in [9.17, 15) is 4.39 Å². The molecule has 0 fully saturated rings. The number of halogens is 1. The normalized spacial score (nSPS) is 12.7. The monoisotopic (exact) mass is 90.1 g/mol. The van der Waals surface area contributed by atoms with Crippen LogP contribution >= 0.6 is 0 Å². The van der Waals surface area contributed by atoms with E-state index in [1.807, 2.05) is 0 Å². The first-order valence-corrected chi connectivity index (χ1v) is 1.36. The van der Waals surface area contributed by atoms with Crippen LogP contribution in [0.1, 0.15) is 8.29 Å². The van der Waals surface area contributed by atoms with Crippen molar-refractivity contribution in [1.82, 2.24) is 0 Å². The lowest BCUT2D eigenvalue weighted by atomic mass is 10.2. The zero-order valence-electron chi connectivity index (χ0n) is 4.52. The molecule has 0 aliphatic rings. The topological polar surface area (TPSA) is 17.1 Å². The highest BCUT2D eigenvalue weighted by molar-refractivity contribution is 6.07. The molecular weight excluding hydrogens is 81.8 g/mol. The summed E-state index contributed by atoms with van der Waals surface area (Å²) in [7, 11) is 4.11. The van der Waals surface area contributed by atoms with Gasteiger partial charge in [-0.1, -0.05) is 0 Å². The number of hydrogen-bond acceptors (Lipinski definition) is 1. The van der Waals surface area contributed by atoms with E-state index in [1.54, 1.807) is 0 Å². The third-order valence-corrected chi connectivity index (χ3v) is 0. The molecule has 34 valence electrons. The smallest absolute Gasteiger partial charge is 0.116 e. The Hall–Kier alpha value is -0.335. The Kier molecular flexibility index (Phi) is 21.3. The number of rotatable bonds is 0. The van der Waals surface area contributed by atoms with Gasteiger partial charge in [-0.05, 0) is 6.92 Å². The van der Waals surface area contributed by atoms with E-state index in [1.165, 1.54) is 6.92 Å². The van der Waals surface area contributed by atoms with Crippen molar-refractivity contribution in [3.8, 4) is 0 Å². The fourth-order valence-electron chi connectivity index (χ4n) is 0. The molecule has 6 heavy (non-hydrogen) atoms. The van der Waals surface area contributed by atoms with E-state index < -0.39 is 6.55 Å². The Bertz CT molecular complexity index is 39.2. The average Bonchev–Trinajstić information content (AvgIpc) is 1.33. The van der Waals surface area contributed by atoms with Crippen LogP contribution in [-0.2, 0) is 4.79 Å². The van der Waals surface area contributed by atoms with Crippen LogP contribution in [-0.4, -0.2) is 20.7 Å². The molecule has 0 saturated heterocycles. The minimum Gasteiger partial charge on any atom is -0.304 e. The molecule has 3 heteroatoms. The van der Waals surface area contributed by atoms with Gasteiger partial charge in [0.15, 0.2) is 0 Å². The summed E-state index contributed by atoms with van der Waals surface area (Å²) in [6, 6.07) is 0. The average molecular weight is 89.9 g/mol. The lowest BCUT2D eigenvalue weighted by molar-refractivity contribution is -0.106. The van der Waals surface area contributed by atoms with Gasteiger partial charge in [0.05, 0.1) is 1.37 Å². The van der Waals surface area contributed by atoms with Crippen LogP contribution in [0.4, 0.5) is 4.39 Å². The third kappa shape index (κ3) is 232. The van der Waals surface area contributed by atoms with Crippen molar-refractivity contribution in [1.29, 1.82) is 0 Å². The predicted molar refractivity (Wildman–Crippen MR) is 23.5 cm³/mol. The van der Waals surface area contributed by atoms with Gasteiger partial charge in [-0.3, -0.25) is 4.39 Å². The Morgan fingerprint density at radius 3 is 2.33 bits per heavy atom. The standard InChI is InChI=1S/C2H4O.CH2BF/c1-2-3;2-1-3/h2H,1H3;1H2/i;1T. The van der Waals surface area contributed by atoms with Crippen LogP contribution < -0.4 is 0 Å². The Morgan fingerprint density at radius 2 is 2.33 bits per heavy atom. The first-order valence-electron chi connectivity index (χ1n) is 1.94. The second-order valence-electron chi connectivity index (χ2n) is 0.362. The van der Waals surface area contributed by atoms with E-state index in [0.717, 1.165) is 6.29 Å². The molecule has 0 aromatic rings. The van der Waals surface area contributed by atoms with Crippen molar-refractivity contribution in [2.75, 3.05) is 6.55 Å².